The summed E-state index contributed by atoms with van der Waals surface area (Å²) in [5, 5.41) is 3.09. The lowest BCUT2D eigenvalue weighted by atomic mass is 10.1. The lowest BCUT2D eigenvalue weighted by molar-refractivity contribution is 0.258. The van der Waals surface area contributed by atoms with E-state index in [4.69, 9.17) is 4.74 Å². The number of benzene rings is 1. The first-order chi connectivity index (χ1) is 8.04. The molecular formula is C13H21FN2O. The highest BCUT2D eigenvalue weighted by molar-refractivity contribution is 5.36. The molecule has 3 nitrogen and oxygen atoms in total. The maximum atomic E-state index is 13.2. The molecule has 1 atom stereocenters. The molecule has 1 aromatic rings. The smallest absolute Gasteiger partial charge is 0.124 e. The average molecular weight is 240 g/mol. The summed E-state index contributed by atoms with van der Waals surface area (Å²) in [4.78, 5) is 2.05. The van der Waals surface area contributed by atoms with E-state index in [2.05, 4.69) is 5.32 Å². The molecule has 0 radical (unpaired) electrons. The molecule has 1 N–H and O–H groups in total. The van der Waals surface area contributed by atoms with E-state index in [1.807, 2.05) is 33.0 Å². The summed E-state index contributed by atoms with van der Waals surface area (Å²) < 4.78 is 18.9. The molecule has 0 bridgehead atoms. The van der Waals surface area contributed by atoms with Gasteiger partial charge in [0.1, 0.15) is 18.2 Å². The van der Waals surface area contributed by atoms with Gasteiger partial charge in [-0.1, -0.05) is 0 Å². The molecule has 1 aromatic carbocycles. The third kappa shape index (κ3) is 4.32. The molecule has 17 heavy (non-hydrogen) atoms. The van der Waals surface area contributed by atoms with Crippen LogP contribution in [0.15, 0.2) is 18.2 Å². The molecule has 1 unspecified atom stereocenters. The second-order valence-corrected chi connectivity index (χ2v) is 4.34. The quantitative estimate of drug-likeness (QED) is 0.823. The third-order valence-corrected chi connectivity index (χ3v) is 2.67. The number of nitrogens with zero attached hydrogens (tertiary/aromatic N) is 1. The zero-order valence-electron chi connectivity index (χ0n) is 11.0. The zero-order chi connectivity index (χ0) is 12.8. The number of ether oxygens (including phenoxy) is 1. The van der Waals surface area contributed by atoms with Crippen LogP contribution in [0.2, 0.25) is 0 Å². The molecule has 0 saturated heterocycles. The summed E-state index contributed by atoms with van der Waals surface area (Å²) in [6.45, 7) is 3.42. The van der Waals surface area contributed by atoms with E-state index in [1.54, 1.807) is 6.07 Å². The van der Waals surface area contributed by atoms with E-state index < -0.39 is 0 Å². The summed E-state index contributed by atoms with van der Waals surface area (Å²) in [5.41, 5.74) is 0.853. The highest BCUT2D eigenvalue weighted by Gasteiger charge is 2.11. The van der Waals surface area contributed by atoms with Crippen molar-refractivity contribution in [3.63, 3.8) is 0 Å². The van der Waals surface area contributed by atoms with Gasteiger partial charge >= 0.3 is 0 Å². The van der Waals surface area contributed by atoms with Crippen LogP contribution in [0, 0.1) is 5.82 Å². The number of nitrogens with one attached hydrogen (secondary N) is 1. The molecule has 0 aliphatic heterocycles. The Morgan fingerprint density at radius 2 is 2.12 bits per heavy atom. The first-order valence-electron chi connectivity index (χ1n) is 5.79. The number of likely N-dealkylation sites (N-methyl/N-ethyl adjacent to an activating group) is 1. The normalized spacial score (nSPS) is 12.8. The van der Waals surface area contributed by atoms with Crippen LogP contribution in [0.3, 0.4) is 0 Å². The molecule has 0 aliphatic rings. The molecule has 96 valence electrons. The Hall–Kier alpha value is -1.13. The standard InChI is InChI=1S/C13H21FN2O/c1-10(15-2)12-9-11(14)5-6-13(12)17-8-7-16(3)4/h5-6,9-10,15H,7-8H2,1-4H3. The topological polar surface area (TPSA) is 24.5 Å². The van der Waals surface area contributed by atoms with Gasteiger partial charge in [0, 0.05) is 18.2 Å². The maximum Gasteiger partial charge on any atom is 0.124 e. The van der Waals surface area contributed by atoms with Crippen molar-refractivity contribution in [2.24, 2.45) is 0 Å². The summed E-state index contributed by atoms with van der Waals surface area (Å²) >= 11 is 0. The second kappa shape index (κ2) is 6.57. The van der Waals surface area contributed by atoms with Crippen LogP contribution in [0.1, 0.15) is 18.5 Å². The Balaban J connectivity index is 2.76. The molecule has 1 rings (SSSR count). The molecule has 0 aliphatic carbocycles. The van der Waals surface area contributed by atoms with Crippen molar-refractivity contribution in [1.82, 2.24) is 10.2 Å². The van der Waals surface area contributed by atoms with Crippen LogP contribution in [0.4, 0.5) is 4.39 Å². The van der Waals surface area contributed by atoms with Crippen molar-refractivity contribution >= 4 is 0 Å². The van der Waals surface area contributed by atoms with Gasteiger partial charge in [0.05, 0.1) is 0 Å². The lowest BCUT2D eigenvalue weighted by Crippen LogP contribution is -2.20. The van der Waals surface area contributed by atoms with Crippen molar-refractivity contribution in [2.75, 3.05) is 34.3 Å². The summed E-state index contributed by atoms with van der Waals surface area (Å²) in [7, 11) is 5.83. The van der Waals surface area contributed by atoms with Crippen LogP contribution in [-0.2, 0) is 0 Å². The Labute approximate surface area is 103 Å². The fourth-order valence-electron chi connectivity index (χ4n) is 1.48. The van der Waals surface area contributed by atoms with Gasteiger partial charge in [-0.2, -0.15) is 0 Å². The van der Waals surface area contributed by atoms with E-state index >= 15 is 0 Å². The van der Waals surface area contributed by atoms with Gasteiger partial charge < -0.3 is 15.0 Å². The van der Waals surface area contributed by atoms with Gasteiger partial charge in [-0.25, -0.2) is 4.39 Å². The zero-order valence-corrected chi connectivity index (χ0v) is 11.0. The Morgan fingerprint density at radius 1 is 1.41 bits per heavy atom. The van der Waals surface area contributed by atoms with Crippen molar-refractivity contribution in [3.8, 4) is 5.75 Å². The lowest BCUT2D eigenvalue weighted by Gasteiger charge is -2.17. The molecule has 0 saturated carbocycles. The highest BCUT2D eigenvalue weighted by atomic mass is 19.1. The number of rotatable bonds is 6. The summed E-state index contributed by atoms with van der Waals surface area (Å²) in [6.07, 6.45) is 0. The van der Waals surface area contributed by atoms with Crippen molar-refractivity contribution in [3.05, 3.63) is 29.6 Å². The predicted molar refractivity (Wildman–Crippen MR) is 67.9 cm³/mol. The average Bonchev–Trinajstić information content (AvgIpc) is 2.29. The van der Waals surface area contributed by atoms with E-state index in [0.717, 1.165) is 17.9 Å². The van der Waals surface area contributed by atoms with Crippen LogP contribution in [0.25, 0.3) is 0 Å². The largest absolute Gasteiger partial charge is 0.492 e. The predicted octanol–water partition coefficient (Wildman–Crippen LogP) is 2.05. The fraction of sp³-hybridized carbons (Fsp3) is 0.538. The van der Waals surface area contributed by atoms with Crippen LogP contribution >= 0.6 is 0 Å². The SMILES string of the molecule is CNC(C)c1cc(F)ccc1OCCN(C)C. The second-order valence-electron chi connectivity index (χ2n) is 4.34. The van der Waals surface area contributed by atoms with Gasteiger partial charge in [-0.3, -0.25) is 0 Å². The van der Waals surface area contributed by atoms with Gasteiger partial charge in [-0.05, 0) is 46.3 Å². The minimum atomic E-state index is -0.234. The number of hydrogen-bond donors (Lipinski definition) is 1. The van der Waals surface area contributed by atoms with Crippen LogP contribution in [0.5, 0.6) is 5.75 Å². The molecule has 0 amide bonds. The molecule has 0 fully saturated rings. The summed E-state index contributed by atoms with van der Waals surface area (Å²) in [5.74, 6) is 0.511. The molecule has 0 spiro atoms. The molecular weight excluding hydrogens is 219 g/mol. The van der Waals surface area contributed by atoms with E-state index in [9.17, 15) is 4.39 Å². The third-order valence-electron chi connectivity index (χ3n) is 2.67. The first kappa shape index (κ1) is 13.9. The monoisotopic (exact) mass is 240 g/mol. The van der Waals surface area contributed by atoms with Crippen LogP contribution < -0.4 is 10.1 Å². The van der Waals surface area contributed by atoms with E-state index in [0.29, 0.717) is 6.61 Å². The van der Waals surface area contributed by atoms with Crippen molar-refractivity contribution in [1.29, 1.82) is 0 Å². The number of halogens is 1. The maximum absolute atomic E-state index is 13.2. The van der Waals surface area contributed by atoms with Gasteiger partial charge in [0.2, 0.25) is 0 Å². The minimum Gasteiger partial charge on any atom is -0.492 e. The molecule has 4 heteroatoms. The summed E-state index contributed by atoms with van der Waals surface area (Å²) in [6, 6.07) is 4.71. The van der Waals surface area contributed by atoms with Gasteiger partial charge in [-0.15, -0.1) is 0 Å². The molecule has 0 heterocycles. The van der Waals surface area contributed by atoms with Gasteiger partial charge in [0.25, 0.3) is 0 Å². The van der Waals surface area contributed by atoms with Crippen LogP contribution in [-0.4, -0.2) is 39.2 Å². The fourth-order valence-corrected chi connectivity index (χ4v) is 1.48. The number of hydrogen-bond acceptors (Lipinski definition) is 3. The Morgan fingerprint density at radius 3 is 2.71 bits per heavy atom. The van der Waals surface area contributed by atoms with E-state index in [-0.39, 0.29) is 11.9 Å². The minimum absolute atomic E-state index is 0.0695. The Bertz CT molecular complexity index is 355. The Kier molecular flexibility index (Phi) is 5.38. The van der Waals surface area contributed by atoms with E-state index in [1.165, 1.54) is 12.1 Å². The van der Waals surface area contributed by atoms with Crippen molar-refractivity contribution in [2.45, 2.75) is 13.0 Å². The molecule has 0 aromatic heterocycles. The highest BCUT2D eigenvalue weighted by Crippen LogP contribution is 2.25. The van der Waals surface area contributed by atoms with Gasteiger partial charge in [0.15, 0.2) is 0 Å². The first-order valence-corrected chi connectivity index (χ1v) is 5.79. The van der Waals surface area contributed by atoms with Crippen molar-refractivity contribution < 1.29 is 9.13 Å².